The van der Waals surface area contributed by atoms with Gasteiger partial charge < -0.3 is 10.5 Å². The largest absolute Gasteiger partial charge is 0.410 e. The number of benzene rings is 3. The molecule has 0 saturated heterocycles. The maximum Gasteiger partial charge on any atom is 0.409 e. The molecule has 3 aromatic carbocycles. The molecular formula is C23H16N4O5S. The predicted octanol–water partition coefficient (Wildman–Crippen LogP) is 5.10. The molecule has 4 rings (SSSR count). The monoisotopic (exact) mass is 460 g/mol. The Hall–Kier alpha value is -4.57. The van der Waals surface area contributed by atoms with Crippen LogP contribution in [-0.4, -0.2) is 21.9 Å². The van der Waals surface area contributed by atoms with Gasteiger partial charge in [-0.05, 0) is 40.7 Å². The Kier molecular flexibility index (Phi) is 6.09. The minimum Gasteiger partial charge on any atom is -0.410 e. The zero-order valence-electron chi connectivity index (χ0n) is 16.9. The molecule has 0 saturated carbocycles. The van der Waals surface area contributed by atoms with Crippen molar-refractivity contribution in [1.29, 1.82) is 0 Å². The average molecular weight is 460 g/mol. The van der Waals surface area contributed by atoms with Crippen molar-refractivity contribution in [2.24, 2.45) is 5.73 Å². The number of thiazole rings is 1. The Morgan fingerprint density at radius 2 is 1.61 bits per heavy atom. The molecule has 33 heavy (non-hydrogen) atoms. The normalized spacial score (nSPS) is 10.4. The summed E-state index contributed by atoms with van der Waals surface area (Å²) in [7, 11) is 0. The van der Waals surface area contributed by atoms with Crippen molar-refractivity contribution < 1.29 is 19.2 Å². The molecule has 0 aliphatic rings. The van der Waals surface area contributed by atoms with E-state index in [1.165, 1.54) is 18.2 Å². The maximum atomic E-state index is 13.1. The van der Waals surface area contributed by atoms with E-state index in [-0.39, 0.29) is 27.1 Å². The molecule has 1 aromatic heterocycles. The third kappa shape index (κ3) is 4.86. The quantitative estimate of drug-likeness (QED) is 0.303. The third-order valence-electron chi connectivity index (χ3n) is 4.58. The lowest BCUT2D eigenvalue weighted by Crippen LogP contribution is -2.17. The van der Waals surface area contributed by atoms with Crippen molar-refractivity contribution in [2.75, 3.05) is 5.32 Å². The summed E-state index contributed by atoms with van der Waals surface area (Å²) in [6.45, 7) is 0. The minimum atomic E-state index is -0.977. The van der Waals surface area contributed by atoms with E-state index in [0.717, 1.165) is 11.3 Å². The van der Waals surface area contributed by atoms with E-state index in [4.69, 9.17) is 10.5 Å². The Morgan fingerprint density at radius 1 is 0.970 bits per heavy atom. The number of carbonyl (C=O) groups is 2. The SMILES string of the molecule is NC(=O)Oc1ccc(C(=O)Nc2nc(-c3ccccc3)c([N+](=O)[O-])s2)c(-c2ccccc2)c1. The number of nitro groups is 1. The lowest BCUT2D eigenvalue weighted by molar-refractivity contribution is -0.379. The molecule has 4 aromatic rings. The highest BCUT2D eigenvalue weighted by Crippen LogP contribution is 2.38. The van der Waals surface area contributed by atoms with Gasteiger partial charge in [-0.25, -0.2) is 9.78 Å². The van der Waals surface area contributed by atoms with E-state index in [9.17, 15) is 19.7 Å². The van der Waals surface area contributed by atoms with Crippen LogP contribution in [0.4, 0.5) is 14.9 Å². The molecule has 0 radical (unpaired) electrons. The summed E-state index contributed by atoms with van der Waals surface area (Å²) in [6.07, 6.45) is -0.977. The lowest BCUT2D eigenvalue weighted by Gasteiger charge is -2.11. The van der Waals surface area contributed by atoms with Crippen LogP contribution in [0.15, 0.2) is 78.9 Å². The molecule has 2 amide bonds. The van der Waals surface area contributed by atoms with Crippen LogP contribution in [0.3, 0.4) is 0 Å². The first-order valence-corrected chi connectivity index (χ1v) is 10.4. The smallest absolute Gasteiger partial charge is 0.409 e. The number of anilines is 1. The summed E-state index contributed by atoms with van der Waals surface area (Å²) in [5, 5.41) is 14.1. The fourth-order valence-electron chi connectivity index (χ4n) is 3.20. The molecule has 10 heteroatoms. The van der Waals surface area contributed by atoms with Crippen molar-refractivity contribution in [3.05, 3.63) is 94.5 Å². The van der Waals surface area contributed by atoms with Gasteiger partial charge in [0.05, 0.1) is 4.92 Å². The Balaban J connectivity index is 1.70. The van der Waals surface area contributed by atoms with Crippen molar-refractivity contribution in [3.63, 3.8) is 0 Å². The number of nitrogens with one attached hydrogen (secondary N) is 1. The minimum absolute atomic E-state index is 0.0852. The van der Waals surface area contributed by atoms with Crippen molar-refractivity contribution >= 4 is 33.5 Å². The van der Waals surface area contributed by atoms with Gasteiger partial charge in [0.1, 0.15) is 5.75 Å². The van der Waals surface area contributed by atoms with Gasteiger partial charge in [0.2, 0.25) is 0 Å². The summed E-state index contributed by atoms with van der Waals surface area (Å²) in [5.74, 6) is -0.350. The van der Waals surface area contributed by atoms with E-state index in [1.807, 2.05) is 6.07 Å². The average Bonchev–Trinajstić information content (AvgIpc) is 3.24. The first-order valence-electron chi connectivity index (χ1n) is 9.61. The highest BCUT2D eigenvalue weighted by molar-refractivity contribution is 7.19. The molecule has 0 aliphatic carbocycles. The number of rotatable bonds is 6. The van der Waals surface area contributed by atoms with Gasteiger partial charge >= 0.3 is 11.1 Å². The highest BCUT2D eigenvalue weighted by Gasteiger charge is 2.24. The van der Waals surface area contributed by atoms with Gasteiger partial charge in [0.15, 0.2) is 10.8 Å². The Bertz CT molecular complexity index is 1340. The molecule has 164 valence electrons. The summed E-state index contributed by atoms with van der Waals surface area (Å²) in [4.78, 5) is 39.6. The number of nitrogens with two attached hydrogens (primary N) is 1. The van der Waals surface area contributed by atoms with E-state index < -0.39 is 16.9 Å². The predicted molar refractivity (Wildman–Crippen MR) is 124 cm³/mol. The molecule has 9 nitrogen and oxygen atoms in total. The third-order valence-corrected chi connectivity index (χ3v) is 5.50. The lowest BCUT2D eigenvalue weighted by atomic mass is 9.99. The highest BCUT2D eigenvalue weighted by atomic mass is 32.1. The number of ether oxygens (including phenoxy) is 1. The summed E-state index contributed by atoms with van der Waals surface area (Å²) < 4.78 is 4.95. The fraction of sp³-hybridized carbons (Fsp3) is 0. The molecule has 0 bridgehead atoms. The molecule has 0 spiro atoms. The number of amides is 2. The van der Waals surface area contributed by atoms with Crippen molar-refractivity contribution in [3.8, 4) is 28.1 Å². The van der Waals surface area contributed by atoms with Crippen molar-refractivity contribution in [1.82, 2.24) is 4.98 Å². The zero-order chi connectivity index (χ0) is 23.4. The maximum absolute atomic E-state index is 13.1. The van der Waals surface area contributed by atoms with Gasteiger partial charge in [0.25, 0.3) is 5.91 Å². The molecule has 3 N–H and O–H groups in total. The van der Waals surface area contributed by atoms with E-state index in [0.29, 0.717) is 16.7 Å². The van der Waals surface area contributed by atoms with Crippen LogP contribution >= 0.6 is 11.3 Å². The van der Waals surface area contributed by atoms with Crippen LogP contribution in [0.25, 0.3) is 22.4 Å². The van der Waals surface area contributed by atoms with E-state index in [1.54, 1.807) is 54.6 Å². The van der Waals surface area contributed by atoms with Crippen molar-refractivity contribution in [2.45, 2.75) is 0 Å². The summed E-state index contributed by atoms with van der Waals surface area (Å²) in [5.41, 5.74) is 7.29. The van der Waals surface area contributed by atoms with Crippen LogP contribution in [0.2, 0.25) is 0 Å². The molecule has 0 atom stereocenters. The van der Waals surface area contributed by atoms with E-state index in [2.05, 4.69) is 10.3 Å². The Morgan fingerprint density at radius 3 is 2.21 bits per heavy atom. The van der Waals surface area contributed by atoms with E-state index >= 15 is 0 Å². The van der Waals surface area contributed by atoms with Gasteiger partial charge in [0, 0.05) is 11.1 Å². The second-order valence-electron chi connectivity index (χ2n) is 6.74. The summed E-state index contributed by atoms with van der Waals surface area (Å²) in [6, 6.07) is 22.2. The first kappa shape index (κ1) is 21.7. The second kappa shape index (κ2) is 9.28. The van der Waals surface area contributed by atoms with Gasteiger partial charge in [-0.3, -0.25) is 20.2 Å². The number of hydrogen-bond donors (Lipinski definition) is 2. The number of primary amides is 1. The van der Waals surface area contributed by atoms with Gasteiger partial charge in [-0.1, -0.05) is 60.7 Å². The standard InChI is InChI=1S/C23H16N4O5S/c24-22(29)32-16-11-12-17(18(13-16)14-7-3-1-4-8-14)20(28)26-23-25-19(21(33-23)27(30)31)15-9-5-2-6-10-15/h1-13H,(H2,24,29)(H,25,26,28). The number of aromatic nitrogens is 1. The molecule has 0 aliphatic heterocycles. The topological polar surface area (TPSA) is 137 Å². The molecule has 0 fully saturated rings. The van der Waals surface area contributed by atoms with Crippen LogP contribution in [0, 0.1) is 10.1 Å². The number of hydrogen-bond acceptors (Lipinski definition) is 7. The number of nitrogens with zero attached hydrogens (tertiary/aromatic N) is 2. The first-order chi connectivity index (χ1) is 15.9. The number of carbonyl (C=O) groups excluding carboxylic acids is 2. The molecule has 1 heterocycles. The van der Waals surface area contributed by atoms with Gasteiger partial charge in [-0.2, -0.15) is 0 Å². The second-order valence-corrected chi connectivity index (χ2v) is 7.72. The van der Waals surface area contributed by atoms with Gasteiger partial charge in [-0.15, -0.1) is 0 Å². The zero-order valence-corrected chi connectivity index (χ0v) is 17.7. The van der Waals surface area contributed by atoms with Crippen LogP contribution < -0.4 is 15.8 Å². The van der Waals surface area contributed by atoms with Crippen LogP contribution in [-0.2, 0) is 0 Å². The molecule has 0 unspecified atom stereocenters. The van der Waals surface area contributed by atoms with Crippen LogP contribution in [0.1, 0.15) is 10.4 Å². The fourth-order valence-corrected chi connectivity index (χ4v) is 3.99. The van der Waals surface area contributed by atoms with Crippen LogP contribution in [0.5, 0.6) is 5.75 Å². The molecular weight excluding hydrogens is 444 g/mol. The Labute approximate surface area is 191 Å². The summed E-state index contributed by atoms with van der Waals surface area (Å²) >= 11 is 0.771.